The molecule has 0 amide bonds. The second-order valence-corrected chi connectivity index (χ2v) is 4.73. The van der Waals surface area contributed by atoms with Crippen molar-refractivity contribution in [1.82, 2.24) is 0 Å². The molecule has 0 aliphatic heterocycles. The molecule has 0 spiro atoms. The maximum atomic E-state index is 11.8. The third-order valence-electron chi connectivity index (χ3n) is 3.29. The fourth-order valence-corrected chi connectivity index (χ4v) is 1.86. The first-order valence-electron chi connectivity index (χ1n) is 6.70. The van der Waals surface area contributed by atoms with Gasteiger partial charge >= 0.3 is 5.97 Å². The Bertz CT molecular complexity index is 655. The van der Waals surface area contributed by atoms with E-state index in [-0.39, 0.29) is 5.97 Å². The Morgan fingerprint density at radius 1 is 1.05 bits per heavy atom. The van der Waals surface area contributed by atoms with E-state index in [0.717, 1.165) is 22.4 Å². The minimum atomic E-state index is -0.389. The fraction of sp³-hybridized carbons (Fsp3) is 0.167. The largest absolute Gasteiger partial charge is 0.497 e. The SMILES string of the molecule is COc1ccc(/C=C/C(=O)Oc2cccc(C)c2C)cc1. The molecular weight excluding hydrogens is 264 g/mol. The molecule has 0 N–H and O–H groups in total. The molecule has 2 rings (SSSR count). The topological polar surface area (TPSA) is 35.5 Å². The highest BCUT2D eigenvalue weighted by molar-refractivity contribution is 5.88. The van der Waals surface area contributed by atoms with Crippen LogP contribution in [0.1, 0.15) is 16.7 Å². The van der Waals surface area contributed by atoms with E-state index in [0.29, 0.717) is 5.75 Å². The van der Waals surface area contributed by atoms with Gasteiger partial charge in [0.05, 0.1) is 7.11 Å². The van der Waals surface area contributed by atoms with Crippen LogP contribution in [0.5, 0.6) is 11.5 Å². The smallest absolute Gasteiger partial charge is 0.336 e. The Kier molecular flexibility index (Phi) is 4.77. The average molecular weight is 282 g/mol. The third kappa shape index (κ3) is 3.96. The number of ether oxygens (including phenoxy) is 2. The summed E-state index contributed by atoms with van der Waals surface area (Å²) in [6.07, 6.45) is 3.14. The highest BCUT2D eigenvalue weighted by Gasteiger charge is 2.05. The maximum Gasteiger partial charge on any atom is 0.336 e. The van der Waals surface area contributed by atoms with E-state index in [9.17, 15) is 4.79 Å². The first kappa shape index (κ1) is 14.9. The molecule has 0 atom stereocenters. The van der Waals surface area contributed by atoms with Crippen LogP contribution in [-0.4, -0.2) is 13.1 Å². The van der Waals surface area contributed by atoms with Crippen molar-refractivity contribution in [3.63, 3.8) is 0 Å². The number of aryl methyl sites for hydroxylation is 1. The van der Waals surface area contributed by atoms with Gasteiger partial charge in [-0.05, 0) is 54.8 Å². The van der Waals surface area contributed by atoms with Crippen LogP contribution in [0.15, 0.2) is 48.5 Å². The Morgan fingerprint density at radius 2 is 1.76 bits per heavy atom. The molecule has 2 aromatic rings. The molecule has 21 heavy (non-hydrogen) atoms. The van der Waals surface area contributed by atoms with Crippen molar-refractivity contribution in [3.8, 4) is 11.5 Å². The minimum absolute atomic E-state index is 0.389. The molecule has 0 aliphatic carbocycles. The van der Waals surface area contributed by atoms with Gasteiger partial charge in [0.1, 0.15) is 11.5 Å². The quantitative estimate of drug-likeness (QED) is 0.484. The van der Waals surface area contributed by atoms with E-state index in [1.165, 1.54) is 6.08 Å². The van der Waals surface area contributed by atoms with E-state index in [1.54, 1.807) is 19.3 Å². The van der Waals surface area contributed by atoms with Crippen molar-refractivity contribution >= 4 is 12.0 Å². The fourth-order valence-electron chi connectivity index (χ4n) is 1.86. The summed E-state index contributed by atoms with van der Waals surface area (Å²) in [4.78, 5) is 11.8. The highest BCUT2D eigenvalue weighted by Crippen LogP contribution is 2.21. The third-order valence-corrected chi connectivity index (χ3v) is 3.29. The number of methoxy groups -OCH3 is 1. The van der Waals surface area contributed by atoms with Gasteiger partial charge in [-0.2, -0.15) is 0 Å². The van der Waals surface area contributed by atoms with Crippen molar-refractivity contribution in [2.24, 2.45) is 0 Å². The average Bonchev–Trinajstić information content (AvgIpc) is 2.50. The molecule has 0 aromatic heterocycles. The van der Waals surface area contributed by atoms with Crippen LogP contribution in [0.4, 0.5) is 0 Å². The first-order valence-corrected chi connectivity index (χ1v) is 6.70. The second kappa shape index (κ2) is 6.75. The summed E-state index contributed by atoms with van der Waals surface area (Å²) in [5.41, 5.74) is 2.98. The lowest BCUT2D eigenvalue weighted by molar-refractivity contribution is -0.128. The second-order valence-electron chi connectivity index (χ2n) is 4.73. The number of benzene rings is 2. The van der Waals surface area contributed by atoms with Crippen LogP contribution < -0.4 is 9.47 Å². The van der Waals surface area contributed by atoms with Crippen LogP contribution in [0, 0.1) is 13.8 Å². The predicted octanol–water partition coefficient (Wildman–Crippen LogP) is 3.93. The Balaban J connectivity index is 2.03. The zero-order valence-corrected chi connectivity index (χ0v) is 12.4. The van der Waals surface area contributed by atoms with Gasteiger partial charge in [-0.1, -0.05) is 24.3 Å². The lowest BCUT2D eigenvalue weighted by atomic mass is 10.1. The summed E-state index contributed by atoms with van der Waals surface area (Å²) in [5.74, 6) is 0.990. The molecule has 0 radical (unpaired) electrons. The Labute approximate surface area is 124 Å². The molecule has 0 saturated carbocycles. The minimum Gasteiger partial charge on any atom is -0.497 e. The maximum absolute atomic E-state index is 11.8. The van der Waals surface area contributed by atoms with Crippen molar-refractivity contribution < 1.29 is 14.3 Å². The van der Waals surface area contributed by atoms with Gasteiger partial charge in [-0.25, -0.2) is 4.79 Å². The Hall–Kier alpha value is -2.55. The molecule has 0 aliphatic rings. The summed E-state index contributed by atoms with van der Waals surface area (Å²) in [7, 11) is 1.62. The van der Waals surface area contributed by atoms with Crippen molar-refractivity contribution in [2.75, 3.05) is 7.11 Å². The van der Waals surface area contributed by atoms with E-state index in [4.69, 9.17) is 9.47 Å². The normalized spacial score (nSPS) is 10.6. The van der Waals surface area contributed by atoms with Gasteiger partial charge in [-0.15, -0.1) is 0 Å². The van der Waals surface area contributed by atoms with E-state index < -0.39 is 0 Å². The van der Waals surface area contributed by atoms with Gasteiger partial charge < -0.3 is 9.47 Å². The molecule has 0 unspecified atom stereocenters. The zero-order chi connectivity index (χ0) is 15.2. The molecule has 0 fully saturated rings. The molecule has 0 saturated heterocycles. The summed E-state index contributed by atoms with van der Waals surface area (Å²) in [6, 6.07) is 13.1. The van der Waals surface area contributed by atoms with Crippen LogP contribution >= 0.6 is 0 Å². The van der Waals surface area contributed by atoms with Crippen LogP contribution in [-0.2, 0) is 4.79 Å². The number of rotatable bonds is 4. The summed E-state index contributed by atoms with van der Waals surface area (Å²) in [6.45, 7) is 3.92. The van der Waals surface area contributed by atoms with Crippen LogP contribution in [0.25, 0.3) is 6.08 Å². The van der Waals surface area contributed by atoms with Crippen LogP contribution in [0.2, 0.25) is 0 Å². The number of carbonyl (C=O) groups excluding carboxylic acids is 1. The predicted molar refractivity (Wildman–Crippen MR) is 83.6 cm³/mol. The van der Waals surface area contributed by atoms with Gasteiger partial charge in [0.2, 0.25) is 0 Å². The highest BCUT2D eigenvalue weighted by atomic mass is 16.5. The number of hydrogen-bond donors (Lipinski definition) is 0. The van der Waals surface area contributed by atoms with Gasteiger partial charge in [0, 0.05) is 6.08 Å². The van der Waals surface area contributed by atoms with Crippen molar-refractivity contribution in [3.05, 3.63) is 65.2 Å². The molecule has 0 heterocycles. The van der Waals surface area contributed by atoms with E-state index >= 15 is 0 Å². The monoisotopic (exact) mass is 282 g/mol. The van der Waals surface area contributed by atoms with Crippen molar-refractivity contribution in [2.45, 2.75) is 13.8 Å². The van der Waals surface area contributed by atoms with E-state index in [1.807, 2.05) is 50.2 Å². The molecule has 3 heteroatoms. The molecule has 2 aromatic carbocycles. The van der Waals surface area contributed by atoms with Crippen molar-refractivity contribution in [1.29, 1.82) is 0 Å². The summed E-state index contributed by atoms with van der Waals surface area (Å²) in [5, 5.41) is 0. The summed E-state index contributed by atoms with van der Waals surface area (Å²) < 4.78 is 10.4. The zero-order valence-electron chi connectivity index (χ0n) is 12.4. The van der Waals surface area contributed by atoms with Crippen LogP contribution in [0.3, 0.4) is 0 Å². The number of carbonyl (C=O) groups is 1. The molecule has 3 nitrogen and oxygen atoms in total. The summed E-state index contributed by atoms with van der Waals surface area (Å²) >= 11 is 0. The first-order chi connectivity index (χ1) is 10.1. The molecule has 0 bridgehead atoms. The Morgan fingerprint density at radius 3 is 2.43 bits per heavy atom. The lowest BCUT2D eigenvalue weighted by Gasteiger charge is -2.07. The van der Waals surface area contributed by atoms with Gasteiger partial charge in [-0.3, -0.25) is 0 Å². The van der Waals surface area contributed by atoms with Gasteiger partial charge in [0.25, 0.3) is 0 Å². The van der Waals surface area contributed by atoms with E-state index in [2.05, 4.69) is 0 Å². The molecule has 108 valence electrons. The number of hydrogen-bond acceptors (Lipinski definition) is 3. The number of esters is 1. The lowest BCUT2D eigenvalue weighted by Crippen LogP contribution is -2.05. The standard InChI is InChI=1S/C18H18O3/c1-13-5-4-6-17(14(13)2)21-18(19)12-9-15-7-10-16(20-3)11-8-15/h4-12H,1-3H3/b12-9+. The van der Waals surface area contributed by atoms with Gasteiger partial charge in [0.15, 0.2) is 0 Å². The molecular formula is C18H18O3.